The number of methoxy groups -OCH3 is 1. The lowest BCUT2D eigenvalue weighted by Gasteiger charge is -2.26. The van der Waals surface area contributed by atoms with Gasteiger partial charge in [-0.1, -0.05) is 0 Å². The van der Waals surface area contributed by atoms with Gasteiger partial charge in [0.1, 0.15) is 27.9 Å². The molecular weight excluding hydrogens is 272 g/mol. The molecule has 0 radical (unpaired) electrons. The van der Waals surface area contributed by atoms with Crippen molar-refractivity contribution in [1.82, 2.24) is 9.97 Å². The van der Waals surface area contributed by atoms with Gasteiger partial charge in [0.05, 0.1) is 12.9 Å². The third-order valence-corrected chi connectivity index (χ3v) is 3.64. The van der Waals surface area contributed by atoms with Crippen LogP contribution in [-0.4, -0.2) is 49.5 Å². The number of nitrogens with zero attached hydrogens (tertiary/aromatic N) is 2. The Hall–Kier alpha value is -1.90. The fraction of sp³-hybridized carbons (Fsp3) is 0.500. The van der Waals surface area contributed by atoms with Gasteiger partial charge in [0.15, 0.2) is 5.82 Å². The van der Waals surface area contributed by atoms with Gasteiger partial charge in [0.2, 0.25) is 11.8 Å². The number of nitrogens with one attached hydrogen (secondary N) is 2. The average molecular weight is 286 g/mol. The van der Waals surface area contributed by atoms with Crippen LogP contribution in [0.5, 0.6) is 5.88 Å². The number of ether oxygens (including phenoxy) is 1. The molecule has 9 heteroatoms. The molecule has 1 aromatic heterocycles. The Bertz CT molecular complexity index is 602. The monoisotopic (exact) mass is 286 g/mol. The van der Waals surface area contributed by atoms with Crippen LogP contribution in [0.4, 0.5) is 11.5 Å². The molecule has 1 aliphatic rings. The third kappa shape index (κ3) is 3.11. The van der Waals surface area contributed by atoms with Crippen molar-refractivity contribution in [2.24, 2.45) is 0 Å². The zero-order valence-electron chi connectivity index (χ0n) is 10.5. The lowest BCUT2D eigenvalue weighted by atomic mass is 10.1. The van der Waals surface area contributed by atoms with Crippen molar-refractivity contribution in [1.29, 1.82) is 0 Å². The summed E-state index contributed by atoms with van der Waals surface area (Å²) in [6.45, 7) is 0. The van der Waals surface area contributed by atoms with Crippen molar-refractivity contribution in [2.75, 3.05) is 29.8 Å². The standard InChI is InChI=1S/C10H14N4O4S/c1-18-10-7-8(11-5-12-10)13-6(9(15)14-7)3-4-19(2,16)17/h5-6H,3-4H2,1-2H3,(H,14,15)(H,11,12,13). The first-order valence-corrected chi connectivity index (χ1v) is 7.61. The number of carbonyl (C=O) groups is 1. The number of fused-ring (bicyclic) bond motifs is 1. The molecule has 1 unspecified atom stereocenters. The summed E-state index contributed by atoms with van der Waals surface area (Å²) < 4.78 is 27.3. The molecule has 8 nitrogen and oxygen atoms in total. The first-order valence-electron chi connectivity index (χ1n) is 5.55. The first kappa shape index (κ1) is 13.5. The van der Waals surface area contributed by atoms with Crippen LogP contribution in [0.3, 0.4) is 0 Å². The molecule has 0 aromatic carbocycles. The van der Waals surface area contributed by atoms with E-state index >= 15 is 0 Å². The summed E-state index contributed by atoms with van der Waals surface area (Å²) in [4.78, 5) is 19.7. The number of aromatic nitrogens is 2. The Labute approximate surface area is 110 Å². The second kappa shape index (κ2) is 5.00. The normalized spacial score (nSPS) is 18.2. The maximum Gasteiger partial charge on any atom is 0.247 e. The lowest BCUT2D eigenvalue weighted by molar-refractivity contribution is -0.117. The summed E-state index contributed by atoms with van der Waals surface area (Å²) >= 11 is 0. The molecule has 1 aliphatic heterocycles. The molecule has 0 fully saturated rings. The number of sulfone groups is 1. The van der Waals surface area contributed by atoms with Gasteiger partial charge in [-0.3, -0.25) is 4.79 Å². The molecular formula is C10H14N4O4S. The van der Waals surface area contributed by atoms with E-state index in [0.717, 1.165) is 6.26 Å². The first-order chi connectivity index (χ1) is 8.90. The highest BCUT2D eigenvalue weighted by Crippen LogP contribution is 2.32. The minimum absolute atomic E-state index is 0.0738. The predicted molar refractivity (Wildman–Crippen MR) is 69.0 cm³/mol. The van der Waals surface area contributed by atoms with Gasteiger partial charge in [0, 0.05) is 6.26 Å². The summed E-state index contributed by atoms with van der Waals surface area (Å²) in [6.07, 6.45) is 2.61. The molecule has 1 atom stereocenters. The number of hydrogen-bond acceptors (Lipinski definition) is 7. The number of anilines is 2. The number of amides is 1. The molecule has 0 spiro atoms. The summed E-state index contributed by atoms with van der Waals surface area (Å²) in [6, 6.07) is -0.637. The molecule has 1 amide bonds. The van der Waals surface area contributed by atoms with Crippen molar-refractivity contribution in [2.45, 2.75) is 12.5 Å². The lowest BCUT2D eigenvalue weighted by Crippen LogP contribution is -2.40. The molecule has 0 saturated heterocycles. The van der Waals surface area contributed by atoms with E-state index in [1.807, 2.05) is 0 Å². The van der Waals surface area contributed by atoms with Gasteiger partial charge in [-0.25, -0.2) is 13.4 Å². The zero-order chi connectivity index (χ0) is 14.0. The Kier molecular flexibility index (Phi) is 3.56. The van der Waals surface area contributed by atoms with Crippen molar-refractivity contribution in [3.05, 3.63) is 6.33 Å². The zero-order valence-corrected chi connectivity index (χ0v) is 11.3. The SMILES string of the molecule is COc1ncnc2c1NC(=O)C(CCS(C)(=O)=O)N2. The predicted octanol–water partition coefficient (Wildman–Crippen LogP) is -0.347. The van der Waals surface area contributed by atoms with Crippen LogP contribution in [0.15, 0.2) is 6.33 Å². The van der Waals surface area contributed by atoms with Gasteiger partial charge in [0.25, 0.3) is 0 Å². The van der Waals surface area contributed by atoms with Crippen LogP contribution in [0.25, 0.3) is 0 Å². The van der Waals surface area contributed by atoms with E-state index in [0.29, 0.717) is 11.5 Å². The van der Waals surface area contributed by atoms with Crippen LogP contribution in [0, 0.1) is 0 Å². The van der Waals surface area contributed by atoms with Crippen molar-refractivity contribution in [3.8, 4) is 5.88 Å². The van der Waals surface area contributed by atoms with E-state index in [1.165, 1.54) is 13.4 Å². The quantitative estimate of drug-likeness (QED) is 0.778. The molecule has 2 rings (SSSR count). The second-order valence-electron chi connectivity index (χ2n) is 4.21. The molecule has 2 N–H and O–H groups in total. The van der Waals surface area contributed by atoms with Gasteiger partial charge in [-0.05, 0) is 6.42 Å². The molecule has 0 aliphatic carbocycles. The van der Waals surface area contributed by atoms with Crippen molar-refractivity contribution in [3.63, 3.8) is 0 Å². The van der Waals surface area contributed by atoms with Crippen LogP contribution < -0.4 is 15.4 Å². The maximum atomic E-state index is 11.9. The molecule has 0 bridgehead atoms. The molecule has 104 valence electrons. The van der Waals surface area contributed by atoms with E-state index in [4.69, 9.17) is 4.74 Å². The Morgan fingerprint density at radius 3 is 2.79 bits per heavy atom. The Morgan fingerprint density at radius 1 is 1.42 bits per heavy atom. The number of rotatable bonds is 4. The summed E-state index contributed by atoms with van der Waals surface area (Å²) in [5.74, 6) is 0.275. The molecule has 2 heterocycles. The molecule has 0 saturated carbocycles. The Morgan fingerprint density at radius 2 is 2.16 bits per heavy atom. The van der Waals surface area contributed by atoms with E-state index in [9.17, 15) is 13.2 Å². The highest BCUT2D eigenvalue weighted by molar-refractivity contribution is 7.90. The summed E-state index contributed by atoms with van der Waals surface area (Å²) in [5.41, 5.74) is 0.366. The van der Waals surface area contributed by atoms with E-state index < -0.39 is 15.9 Å². The van der Waals surface area contributed by atoms with Gasteiger partial charge >= 0.3 is 0 Å². The highest BCUT2D eigenvalue weighted by atomic mass is 32.2. The summed E-state index contributed by atoms with van der Waals surface area (Å²) in [7, 11) is -1.68. The van der Waals surface area contributed by atoms with Gasteiger partial charge in [-0.2, -0.15) is 4.98 Å². The van der Waals surface area contributed by atoms with E-state index in [2.05, 4.69) is 20.6 Å². The van der Waals surface area contributed by atoms with Crippen LogP contribution >= 0.6 is 0 Å². The number of hydrogen-bond donors (Lipinski definition) is 2. The molecule has 19 heavy (non-hydrogen) atoms. The van der Waals surface area contributed by atoms with Crippen molar-refractivity contribution >= 4 is 27.2 Å². The number of carbonyl (C=O) groups excluding carboxylic acids is 1. The van der Waals surface area contributed by atoms with Gasteiger partial charge in [-0.15, -0.1) is 0 Å². The minimum Gasteiger partial charge on any atom is -0.479 e. The van der Waals surface area contributed by atoms with Crippen molar-refractivity contribution < 1.29 is 17.9 Å². The molecule has 1 aromatic rings. The average Bonchev–Trinajstić information content (AvgIpc) is 2.34. The fourth-order valence-corrected chi connectivity index (χ4v) is 2.39. The van der Waals surface area contributed by atoms with Gasteiger partial charge < -0.3 is 15.4 Å². The topological polar surface area (TPSA) is 110 Å². The van der Waals surface area contributed by atoms with E-state index in [-0.39, 0.29) is 24.0 Å². The Balaban J connectivity index is 2.18. The van der Waals surface area contributed by atoms with Crippen LogP contribution in [0.1, 0.15) is 6.42 Å². The fourth-order valence-electron chi connectivity index (χ4n) is 1.72. The van der Waals surface area contributed by atoms with Crippen LogP contribution in [-0.2, 0) is 14.6 Å². The third-order valence-electron chi connectivity index (χ3n) is 2.66. The smallest absolute Gasteiger partial charge is 0.247 e. The maximum absolute atomic E-state index is 11.9. The summed E-state index contributed by atoms with van der Waals surface area (Å²) in [5, 5.41) is 5.51. The highest BCUT2D eigenvalue weighted by Gasteiger charge is 2.29. The largest absolute Gasteiger partial charge is 0.479 e. The van der Waals surface area contributed by atoms with E-state index in [1.54, 1.807) is 0 Å². The van der Waals surface area contributed by atoms with Crippen LogP contribution in [0.2, 0.25) is 0 Å². The second-order valence-corrected chi connectivity index (χ2v) is 6.47. The minimum atomic E-state index is -3.11.